The third kappa shape index (κ3) is 3.96. The van der Waals surface area contributed by atoms with Gasteiger partial charge in [0.1, 0.15) is 0 Å². The summed E-state index contributed by atoms with van der Waals surface area (Å²) in [5.41, 5.74) is 1.42. The summed E-state index contributed by atoms with van der Waals surface area (Å²) in [6, 6.07) is 7.02. The van der Waals surface area contributed by atoms with E-state index in [-0.39, 0.29) is 12.8 Å². The molecule has 16 heavy (non-hydrogen) atoms. The van der Waals surface area contributed by atoms with Gasteiger partial charge in [0.15, 0.2) is 0 Å². The minimum atomic E-state index is -0.910. The molecule has 0 aliphatic heterocycles. The zero-order valence-electron chi connectivity index (χ0n) is 8.59. The van der Waals surface area contributed by atoms with Crippen LogP contribution in [0.15, 0.2) is 30.3 Å². The summed E-state index contributed by atoms with van der Waals surface area (Å²) in [7, 11) is 0. The van der Waals surface area contributed by atoms with Gasteiger partial charge < -0.3 is 10.2 Å². The summed E-state index contributed by atoms with van der Waals surface area (Å²) >= 11 is 0. The first-order valence-corrected chi connectivity index (χ1v) is 4.77. The summed E-state index contributed by atoms with van der Waals surface area (Å²) in [5.74, 6) is -1.81. The lowest BCUT2D eigenvalue weighted by Crippen LogP contribution is -2.01. The fourth-order valence-corrected chi connectivity index (χ4v) is 1.31. The van der Waals surface area contributed by atoms with Crippen LogP contribution in [0, 0.1) is 0 Å². The van der Waals surface area contributed by atoms with Crippen LogP contribution in [-0.2, 0) is 16.0 Å². The van der Waals surface area contributed by atoms with E-state index in [1.54, 1.807) is 30.3 Å². The van der Waals surface area contributed by atoms with Crippen molar-refractivity contribution in [1.29, 1.82) is 0 Å². The molecule has 4 heteroatoms. The first-order chi connectivity index (χ1) is 7.59. The molecular formula is C12H12O4. The minimum Gasteiger partial charge on any atom is -0.481 e. The fourth-order valence-electron chi connectivity index (χ4n) is 1.31. The van der Waals surface area contributed by atoms with Gasteiger partial charge >= 0.3 is 11.9 Å². The van der Waals surface area contributed by atoms with Crippen molar-refractivity contribution in [2.75, 3.05) is 0 Å². The number of carboxylic acids is 2. The Hall–Kier alpha value is -2.10. The van der Waals surface area contributed by atoms with Gasteiger partial charge in [0.25, 0.3) is 0 Å². The zero-order valence-corrected chi connectivity index (χ0v) is 8.59. The van der Waals surface area contributed by atoms with E-state index in [1.807, 2.05) is 0 Å². The molecule has 2 N–H and O–H groups in total. The molecule has 0 atom stereocenters. The Bertz CT molecular complexity index is 421. The van der Waals surface area contributed by atoms with Gasteiger partial charge in [-0.05, 0) is 11.1 Å². The summed E-state index contributed by atoms with van der Waals surface area (Å²) in [5, 5.41) is 17.1. The van der Waals surface area contributed by atoms with E-state index in [4.69, 9.17) is 10.2 Å². The maximum Gasteiger partial charge on any atom is 0.307 e. The standard InChI is InChI=1S/C12H12O4/c13-11(14)7-3-6-9-4-1-2-5-10(9)8-12(15)16/h1-6H,7-8H2,(H,13,14)(H,15,16)/b6-3+. The molecule has 0 heterocycles. The van der Waals surface area contributed by atoms with Gasteiger partial charge in [-0.3, -0.25) is 9.59 Å². The Labute approximate surface area is 92.8 Å². The molecule has 0 spiro atoms. The van der Waals surface area contributed by atoms with Gasteiger partial charge in [-0.25, -0.2) is 0 Å². The van der Waals surface area contributed by atoms with Crippen molar-refractivity contribution < 1.29 is 19.8 Å². The Morgan fingerprint density at radius 3 is 2.44 bits per heavy atom. The van der Waals surface area contributed by atoms with Gasteiger partial charge in [0.05, 0.1) is 12.8 Å². The van der Waals surface area contributed by atoms with Crippen molar-refractivity contribution in [2.24, 2.45) is 0 Å². The highest BCUT2D eigenvalue weighted by atomic mass is 16.4. The predicted molar refractivity (Wildman–Crippen MR) is 59.1 cm³/mol. The third-order valence-corrected chi connectivity index (χ3v) is 1.99. The molecule has 0 radical (unpaired) electrons. The van der Waals surface area contributed by atoms with E-state index >= 15 is 0 Å². The Balaban J connectivity index is 2.82. The number of benzene rings is 1. The number of aliphatic carboxylic acids is 2. The second-order valence-corrected chi connectivity index (χ2v) is 3.27. The molecule has 0 unspecified atom stereocenters. The molecule has 1 aromatic rings. The van der Waals surface area contributed by atoms with E-state index in [0.29, 0.717) is 5.56 Å². The van der Waals surface area contributed by atoms with Gasteiger partial charge in [0, 0.05) is 0 Å². The van der Waals surface area contributed by atoms with Crippen LogP contribution in [-0.4, -0.2) is 22.2 Å². The molecule has 0 aliphatic carbocycles. The third-order valence-electron chi connectivity index (χ3n) is 1.99. The normalized spacial score (nSPS) is 10.5. The second-order valence-electron chi connectivity index (χ2n) is 3.27. The van der Waals surface area contributed by atoms with E-state index in [0.717, 1.165) is 5.56 Å². The molecule has 0 fully saturated rings. The molecule has 4 nitrogen and oxygen atoms in total. The van der Waals surface area contributed by atoms with Crippen LogP contribution in [0.1, 0.15) is 17.5 Å². The first kappa shape index (κ1) is 12.0. The van der Waals surface area contributed by atoms with Gasteiger partial charge in [-0.2, -0.15) is 0 Å². The summed E-state index contributed by atoms with van der Waals surface area (Å²) < 4.78 is 0. The van der Waals surface area contributed by atoms with Crippen LogP contribution >= 0.6 is 0 Å². The maximum absolute atomic E-state index is 10.6. The Kier molecular flexibility index (Phi) is 4.27. The lowest BCUT2D eigenvalue weighted by molar-refractivity contribution is -0.137. The highest BCUT2D eigenvalue weighted by Crippen LogP contribution is 2.11. The number of carboxylic acid groups (broad SMARTS) is 2. The molecule has 1 aromatic carbocycles. The Morgan fingerprint density at radius 2 is 1.81 bits per heavy atom. The monoisotopic (exact) mass is 220 g/mol. The van der Waals surface area contributed by atoms with Crippen molar-refractivity contribution in [1.82, 2.24) is 0 Å². The minimum absolute atomic E-state index is 0.0619. The average Bonchev–Trinajstić information content (AvgIpc) is 2.19. The highest BCUT2D eigenvalue weighted by molar-refractivity contribution is 5.74. The predicted octanol–water partition coefficient (Wildman–Crippen LogP) is 1.80. The number of carbonyl (C=O) groups is 2. The second kappa shape index (κ2) is 5.70. The molecule has 0 aliphatic rings. The lowest BCUT2D eigenvalue weighted by Gasteiger charge is -2.02. The first-order valence-electron chi connectivity index (χ1n) is 4.77. The van der Waals surface area contributed by atoms with Crippen molar-refractivity contribution in [2.45, 2.75) is 12.8 Å². The Morgan fingerprint density at radius 1 is 1.12 bits per heavy atom. The van der Waals surface area contributed by atoms with Gasteiger partial charge in [-0.15, -0.1) is 0 Å². The fraction of sp³-hybridized carbons (Fsp3) is 0.167. The molecule has 0 aromatic heterocycles. The molecule has 0 bridgehead atoms. The van der Waals surface area contributed by atoms with Crippen molar-refractivity contribution >= 4 is 18.0 Å². The van der Waals surface area contributed by atoms with Gasteiger partial charge in [0.2, 0.25) is 0 Å². The molecule has 84 valence electrons. The highest BCUT2D eigenvalue weighted by Gasteiger charge is 2.03. The summed E-state index contributed by atoms with van der Waals surface area (Å²) in [6.45, 7) is 0. The van der Waals surface area contributed by atoms with Crippen LogP contribution in [0.25, 0.3) is 6.08 Å². The van der Waals surface area contributed by atoms with Crippen LogP contribution < -0.4 is 0 Å². The summed E-state index contributed by atoms with van der Waals surface area (Å²) in [4.78, 5) is 20.9. The van der Waals surface area contributed by atoms with E-state index in [1.165, 1.54) is 6.08 Å². The number of hydrogen-bond donors (Lipinski definition) is 2. The molecule has 0 saturated carbocycles. The molecule has 0 saturated heterocycles. The maximum atomic E-state index is 10.6. The average molecular weight is 220 g/mol. The van der Waals surface area contributed by atoms with Gasteiger partial charge in [-0.1, -0.05) is 36.4 Å². The van der Waals surface area contributed by atoms with E-state index in [9.17, 15) is 9.59 Å². The zero-order chi connectivity index (χ0) is 12.0. The number of rotatable bonds is 5. The van der Waals surface area contributed by atoms with Crippen LogP contribution in [0.4, 0.5) is 0 Å². The summed E-state index contributed by atoms with van der Waals surface area (Å²) in [6.07, 6.45) is 3.00. The van der Waals surface area contributed by atoms with Crippen molar-refractivity contribution in [3.8, 4) is 0 Å². The SMILES string of the molecule is O=C(O)C/C=C/c1ccccc1CC(=O)O. The molecule has 0 amide bonds. The van der Waals surface area contributed by atoms with E-state index < -0.39 is 11.9 Å². The lowest BCUT2D eigenvalue weighted by atomic mass is 10.0. The van der Waals surface area contributed by atoms with Crippen LogP contribution in [0.3, 0.4) is 0 Å². The van der Waals surface area contributed by atoms with Crippen molar-refractivity contribution in [3.63, 3.8) is 0 Å². The largest absolute Gasteiger partial charge is 0.481 e. The van der Waals surface area contributed by atoms with Crippen molar-refractivity contribution in [3.05, 3.63) is 41.5 Å². The molecular weight excluding hydrogens is 208 g/mol. The van der Waals surface area contributed by atoms with Crippen LogP contribution in [0.2, 0.25) is 0 Å². The number of hydrogen-bond acceptors (Lipinski definition) is 2. The smallest absolute Gasteiger partial charge is 0.307 e. The topological polar surface area (TPSA) is 74.6 Å². The molecule has 1 rings (SSSR count). The van der Waals surface area contributed by atoms with Crippen LogP contribution in [0.5, 0.6) is 0 Å². The van der Waals surface area contributed by atoms with E-state index in [2.05, 4.69) is 0 Å². The quantitative estimate of drug-likeness (QED) is 0.793.